The van der Waals surface area contributed by atoms with Gasteiger partial charge in [-0.2, -0.15) is 5.10 Å². The quantitative estimate of drug-likeness (QED) is 0.426. The molecule has 3 aromatic carbocycles. The first kappa shape index (κ1) is 20.1. The van der Waals surface area contributed by atoms with Crippen LogP contribution >= 0.6 is 15.9 Å². The van der Waals surface area contributed by atoms with E-state index in [4.69, 9.17) is 4.74 Å². The van der Waals surface area contributed by atoms with Crippen LogP contribution in [0.1, 0.15) is 31.9 Å². The second-order valence-electron chi connectivity index (χ2n) is 7.58. The van der Waals surface area contributed by atoms with Gasteiger partial charge in [-0.25, -0.2) is 5.43 Å². The van der Waals surface area contributed by atoms with Crippen LogP contribution < -0.4 is 10.2 Å². The predicted molar refractivity (Wildman–Crippen MR) is 118 cm³/mol. The van der Waals surface area contributed by atoms with Gasteiger partial charge < -0.3 is 4.74 Å². The molecule has 1 N–H and O–H groups in total. The van der Waals surface area contributed by atoms with E-state index in [0.717, 1.165) is 15.4 Å². The maximum absolute atomic E-state index is 12.0. The third kappa shape index (κ3) is 5.20. The molecule has 3 rings (SSSR count). The van der Waals surface area contributed by atoms with E-state index in [1.165, 1.54) is 10.9 Å². The number of nitrogens with zero attached hydrogens (tertiary/aromatic N) is 1. The van der Waals surface area contributed by atoms with Crippen LogP contribution in [0.2, 0.25) is 0 Å². The predicted octanol–water partition coefficient (Wildman–Crippen LogP) is 5.43. The first-order chi connectivity index (χ1) is 13.3. The molecule has 0 aliphatic heterocycles. The Morgan fingerprint density at radius 1 is 1.07 bits per heavy atom. The highest BCUT2D eigenvalue weighted by atomic mass is 79.9. The monoisotopic (exact) mass is 438 g/mol. The Balaban J connectivity index is 1.54. The zero-order valence-corrected chi connectivity index (χ0v) is 17.8. The van der Waals surface area contributed by atoms with Gasteiger partial charge in [-0.15, -0.1) is 0 Å². The van der Waals surface area contributed by atoms with E-state index >= 15 is 0 Å². The minimum absolute atomic E-state index is 0.0515. The fourth-order valence-corrected chi connectivity index (χ4v) is 3.22. The molecule has 3 aromatic rings. The molecule has 0 saturated carbocycles. The van der Waals surface area contributed by atoms with Gasteiger partial charge in [0.2, 0.25) is 0 Å². The molecular formula is C23H23BrN2O2. The van der Waals surface area contributed by atoms with E-state index in [1.807, 2.05) is 54.6 Å². The lowest BCUT2D eigenvalue weighted by Crippen LogP contribution is -2.24. The molecule has 144 valence electrons. The van der Waals surface area contributed by atoms with Gasteiger partial charge in [0, 0.05) is 0 Å². The topological polar surface area (TPSA) is 50.7 Å². The molecule has 0 aliphatic carbocycles. The fourth-order valence-electron chi connectivity index (χ4n) is 2.73. The van der Waals surface area contributed by atoms with Gasteiger partial charge in [-0.05, 0) is 61.4 Å². The second-order valence-corrected chi connectivity index (χ2v) is 8.44. The van der Waals surface area contributed by atoms with Crippen molar-refractivity contribution in [2.45, 2.75) is 26.2 Å². The van der Waals surface area contributed by atoms with Gasteiger partial charge in [-0.1, -0.05) is 63.2 Å². The van der Waals surface area contributed by atoms with Gasteiger partial charge in [0.05, 0.1) is 10.7 Å². The number of nitrogens with one attached hydrogen (secondary N) is 1. The maximum atomic E-state index is 12.0. The molecule has 0 atom stereocenters. The van der Waals surface area contributed by atoms with E-state index in [0.29, 0.717) is 5.75 Å². The van der Waals surface area contributed by atoms with Gasteiger partial charge in [0.1, 0.15) is 5.75 Å². The molecule has 28 heavy (non-hydrogen) atoms. The number of benzene rings is 3. The molecule has 0 aliphatic rings. The Labute approximate surface area is 173 Å². The van der Waals surface area contributed by atoms with Crippen LogP contribution in [0.15, 0.2) is 70.2 Å². The van der Waals surface area contributed by atoms with Crippen LogP contribution in [0.4, 0.5) is 0 Å². The van der Waals surface area contributed by atoms with E-state index in [-0.39, 0.29) is 17.9 Å². The third-order valence-corrected chi connectivity index (χ3v) is 4.95. The van der Waals surface area contributed by atoms with Crippen molar-refractivity contribution in [2.24, 2.45) is 5.10 Å². The van der Waals surface area contributed by atoms with Crippen LogP contribution in [-0.2, 0) is 10.2 Å². The summed E-state index contributed by atoms with van der Waals surface area (Å²) in [6.07, 6.45) is 1.62. The fraction of sp³-hybridized carbons (Fsp3) is 0.217. The summed E-state index contributed by atoms with van der Waals surface area (Å²) in [5, 5.41) is 6.31. The number of amides is 1. The number of halogens is 1. The smallest absolute Gasteiger partial charge is 0.277 e. The number of hydrogen-bond donors (Lipinski definition) is 1. The number of hydrogen-bond acceptors (Lipinski definition) is 3. The highest BCUT2D eigenvalue weighted by Gasteiger charge is 2.15. The van der Waals surface area contributed by atoms with Gasteiger partial charge in [0.25, 0.3) is 5.91 Å². The summed E-state index contributed by atoms with van der Waals surface area (Å²) in [6.45, 7) is 6.34. The summed E-state index contributed by atoms with van der Waals surface area (Å²) in [5.74, 6) is 0.311. The van der Waals surface area contributed by atoms with Crippen molar-refractivity contribution < 1.29 is 9.53 Å². The lowest BCUT2D eigenvalue weighted by molar-refractivity contribution is -0.123. The van der Waals surface area contributed by atoms with Crippen molar-refractivity contribution in [3.63, 3.8) is 0 Å². The van der Waals surface area contributed by atoms with Crippen LogP contribution in [0.5, 0.6) is 5.75 Å². The Kier molecular flexibility index (Phi) is 6.15. The highest BCUT2D eigenvalue weighted by Crippen LogP contribution is 2.31. The summed E-state index contributed by atoms with van der Waals surface area (Å²) < 4.78 is 6.42. The summed E-state index contributed by atoms with van der Waals surface area (Å²) in [7, 11) is 0. The Bertz CT molecular complexity index is 1020. The van der Waals surface area contributed by atoms with Crippen molar-refractivity contribution in [3.05, 3.63) is 76.3 Å². The van der Waals surface area contributed by atoms with Crippen LogP contribution in [0, 0.1) is 0 Å². The molecule has 4 nitrogen and oxygen atoms in total. The minimum Gasteiger partial charge on any atom is -0.483 e. The van der Waals surface area contributed by atoms with Crippen molar-refractivity contribution in [1.29, 1.82) is 0 Å². The SMILES string of the molecule is CC(C)(C)c1ccc(OCC(=O)N/N=C/c2ccc3ccccc3c2)c(Br)c1. The van der Waals surface area contributed by atoms with E-state index in [2.05, 4.69) is 53.3 Å². The van der Waals surface area contributed by atoms with Gasteiger partial charge >= 0.3 is 0 Å². The Hall–Kier alpha value is -2.66. The second kappa shape index (κ2) is 8.57. The van der Waals surface area contributed by atoms with Crippen molar-refractivity contribution in [2.75, 3.05) is 6.61 Å². The molecule has 0 heterocycles. The van der Waals surface area contributed by atoms with Crippen LogP contribution in [-0.4, -0.2) is 18.7 Å². The normalized spacial score (nSPS) is 11.7. The van der Waals surface area contributed by atoms with Crippen LogP contribution in [0.25, 0.3) is 10.8 Å². The molecule has 0 saturated heterocycles. The van der Waals surface area contributed by atoms with E-state index in [9.17, 15) is 4.79 Å². The minimum atomic E-state index is -0.316. The van der Waals surface area contributed by atoms with Gasteiger partial charge in [-0.3, -0.25) is 4.79 Å². The summed E-state index contributed by atoms with van der Waals surface area (Å²) in [6, 6.07) is 20.0. The maximum Gasteiger partial charge on any atom is 0.277 e. The molecule has 0 radical (unpaired) electrons. The zero-order chi connectivity index (χ0) is 20.1. The molecule has 5 heteroatoms. The summed E-state index contributed by atoms with van der Waals surface area (Å²) in [5.41, 5.74) is 4.65. The number of rotatable bonds is 5. The lowest BCUT2D eigenvalue weighted by atomic mass is 9.87. The lowest BCUT2D eigenvalue weighted by Gasteiger charge is -2.20. The standard InChI is InChI=1S/C23H23BrN2O2/c1-23(2,3)19-10-11-21(20(24)13-19)28-15-22(27)26-25-14-16-8-9-17-6-4-5-7-18(17)12-16/h4-14H,15H2,1-3H3,(H,26,27)/b25-14+. The first-order valence-corrected chi connectivity index (χ1v) is 9.86. The molecule has 1 amide bonds. The van der Waals surface area contributed by atoms with Crippen molar-refractivity contribution >= 4 is 38.8 Å². The van der Waals surface area contributed by atoms with E-state index in [1.54, 1.807) is 6.21 Å². The molecular weight excluding hydrogens is 416 g/mol. The highest BCUT2D eigenvalue weighted by molar-refractivity contribution is 9.10. The molecule has 0 bridgehead atoms. The van der Waals surface area contributed by atoms with Crippen LogP contribution in [0.3, 0.4) is 0 Å². The number of carbonyl (C=O) groups is 1. The van der Waals surface area contributed by atoms with Crippen molar-refractivity contribution in [1.82, 2.24) is 5.43 Å². The Morgan fingerprint density at radius 3 is 2.54 bits per heavy atom. The number of ether oxygens (including phenoxy) is 1. The van der Waals surface area contributed by atoms with Gasteiger partial charge in [0.15, 0.2) is 6.61 Å². The average molecular weight is 439 g/mol. The number of hydrazone groups is 1. The average Bonchev–Trinajstić information content (AvgIpc) is 2.66. The number of carbonyl (C=O) groups excluding carboxylic acids is 1. The van der Waals surface area contributed by atoms with Crippen molar-refractivity contribution in [3.8, 4) is 5.75 Å². The first-order valence-electron chi connectivity index (χ1n) is 9.06. The third-order valence-electron chi connectivity index (χ3n) is 4.33. The Morgan fingerprint density at radius 2 is 1.82 bits per heavy atom. The summed E-state index contributed by atoms with van der Waals surface area (Å²) in [4.78, 5) is 12.0. The number of fused-ring (bicyclic) bond motifs is 1. The summed E-state index contributed by atoms with van der Waals surface area (Å²) >= 11 is 3.51. The zero-order valence-electron chi connectivity index (χ0n) is 16.2. The molecule has 0 unspecified atom stereocenters. The molecule has 0 fully saturated rings. The molecule has 0 aromatic heterocycles. The van der Waals surface area contributed by atoms with E-state index < -0.39 is 0 Å². The largest absolute Gasteiger partial charge is 0.483 e. The molecule has 0 spiro atoms.